The van der Waals surface area contributed by atoms with E-state index in [2.05, 4.69) is 0 Å². The Balaban J connectivity index is 1.36. The lowest BCUT2D eigenvalue weighted by Gasteiger charge is -2.39. The van der Waals surface area contributed by atoms with Crippen LogP contribution in [0.2, 0.25) is 0 Å². The van der Waals surface area contributed by atoms with Crippen LogP contribution in [-0.2, 0) is 20.9 Å². The highest BCUT2D eigenvalue weighted by Gasteiger charge is 2.41. The maximum atomic E-state index is 13.1. The maximum absolute atomic E-state index is 13.1. The topological polar surface area (TPSA) is 60.9 Å². The van der Waals surface area contributed by atoms with Crippen molar-refractivity contribution in [3.05, 3.63) is 35.9 Å². The van der Waals surface area contributed by atoms with Gasteiger partial charge in [-0.25, -0.2) is 0 Å². The van der Waals surface area contributed by atoms with Gasteiger partial charge in [-0.05, 0) is 24.3 Å². The molecule has 1 aliphatic carbocycles. The molecule has 3 fully saturated rings. The normalized spacial score (nSPS) is 23.3. The lowest BCUT2D eigenvalue weighted by Crippen LogP contribution is -2.59. The van der Waals surface area contributed by atoms with Gasteiger partial charge in [-0.2, -0.15) is 0 Å². The third-order valence-electron chi connectivity index (χ3n) is 6.71. The van der Waals surface area contributed by atoms with Crippen LogP contribution in [0.15, 0.2) is 30.3 Å². The van der Waals surface area contributed by atoms with E-state index in [1.54, 1.807) is 9.80 Å². The number of carbonyl (C=O) groups is 3. The summed E-state index contributed by atoms with van der Waals surface area (Å²) < 4.78 is 0. The Bertz CT molecular complexity index is 745. The Morgan fingerprint density at radius 3 is 2.48 bits per heavy atom. The van der Waals surface area contributed by atoms with E-state index in [0.717, 1.165) is 12.0 Å². The van der Waals surface area contributed by atoms with Crippen molar-refractivity contribution in [2.24, 2.45) is 5.92 Å². The number of hydrogen-bond acceptors (Lipinski definition) is 3. The van der Waals surface area contributed by atoms with Gasteiger partial charge in [0.1, 0.15) is 12.6 Å². The van der Waals surface area contributed by atoms with Crippen LogP contribution in [0.1, 0.15) is 50.5 Å². The van der Waals surface area contributed by atoms with Crippen molar-refractivity contribution in [3.8, 4) is 0 Å². The quantitative estimate of drug-likeness (QED) is 0.767. The summed E-state index contributed by atoms with van der Waals surface area (Å²) >= 11 is 0. The first-order valence-corrected chi connectivity index (χ1v) is 11.0. The van der Waals surface area contributed by atoms with Crippen LogP contribution in [0.4, 0.5) is 0 Å². The zero-order valence-electron chi connectivity index (χ0n) is 17.1. The van der Waals surface area contributed by atoms with Gasteiger partial charge in [-0.15, -0.1) is 0 Å². The van der Waals surface area contributed by atoms with Gasteiger partial charge in [0.25, 0.3) is 0 Å². The molecule has 1 atom stereocenters. The van der Waals surface area contributed by atoms with Gasteiger partial charge in [0.05, 0.1) is 0 Å². The molecule has 0 aromatic heterocycles. The molecule has 0 spiro atoms. The molecule has 0 radical (unpaired) electrons. The van der Waals surface area contributed by atoms with Crippen molar-refractivity contribution in [2.75, 3.05) is 26.2 Å². The summed E-state index contributed by atoms with van der Waals surface area (Å²) in [5, 5.41) is 0. The molecule has 4 rings (SSSR count). The molecule has 29 heavy (non-hydrogen) atoms. The number of amides is 3. The molecule has 6 nitrogen and oxygen atoms in total. The van der Waals surface area contributed by atoms with Gasteiger partial charge in [-0.3, -0.25) is 14.4 Å². The predicted octanol–water partition coefficient (Wildman–Crippen LogP) is 2.43. The Morgan fingerprint density at radius 1 is 0.966 bits per heavy atom. The van der Waals surface area contributed by atoms with E-state index in [1.165, 1.54) is 25.7 Å². The minimum Gasteiger partial charge on any atom is -0.341 e. The predicted molar refractivity (Wildman–Crippen MR) is 110 cm³/mol. The van der Waals surface area contributed by atoms with Crippen molar-refractivity contribution >= 4 is 17.7 Å². The molecular formula is C23H31N3O3. The summed E-state index contributed by atoms with van der Waals surface area (Å²) in [7, 11) is 0. The molecular weight excluding hydrogens is 366 g/mol. The molecule has 1 aromatic rings. The summed E-state index contributed by atoms with van der Waals surface area (Å²) in [5.41, 5.74) is 1.03. The van der Waals surface area contributed by atoms with Crippen molar-refractivity contribution in [2.45, 2.75) is 57.5 Å². The van der Waals surface area contributed by atoms with Gasteiger partial charge in [0, 0.05) is 32.6 Å². The van der Waals surface area contributed by atoms with Gasteiger partial charge in [0.2, 0.25) is 17.7 Å². The van der Waals surface area contributed by atoms with E-state index in [-0.39, 0.29) is 24.3 Å². The fourth-order valence-corrected chi connectivity index (χ4v) is 5.00. The summed E-state index contributed by atoms with van der Waals surface area (Å²) in [6.07, 6.45) is 7.20. The number of fused-ring (bicyclic) bond motifs is 1. The minimum atomic E-state index is -0.437. The highest BCUT2D eigenvalue weighted by atomic mass is 16.2. The fourth-order valence-electron chi connectivity index (χ4n) is 5.00. The first-order chi connectivity index (χ1) is 14.1. The number of benzene rings is 1. The number of carbonyl (C=O) groups excluding carboxylic acids is 3. The second-order valence-electron chi connectivity index (χ2n) is 8.64. The number of rotatable bonds is 5. The van der Waals surface area contributed by atoms with Crippen LogP contribution in [0, 0.1) is 5.92 Å². The zero-order valence-corrected chi connectivity index (χ0v) is 17.1. The molecule has 156 valence electrons. The third kappa shape index (κ3) is 4.62. The van der Waals surface area contributed by atoms with E-state index in [4.69, 9.17) is 0 Å². The molecule has 0 bridgehead atoms. The molecule has 1 saturated carbocycles. The average molecular weight is 398 g/mol. The van der Waals surface area contributed by atoms with E-state index in [9.17, 15) is 14.4 Å². The number of nitrogens with zero attached hydrogens (tertiary/aromatic N) is 3. The van der Waals surface area contributed by atoms with Crippen LogP contribution in [-0.4, -0.2) is 64.6 Å². The summed E-state index contributed by atoms with van der Waals surface area (Å²) in [4.78, 5) is 43.7. The van der Waals surface area contributed by atoms with E-state index >= 15 is 0 Å². The van der Waals surface area contributed by atoms with E-state index in [1.807, 2.05) is 35.2 Å². The smallest absolute Gasteiger partial charge is 0.246 e. The first kappa shape index (κ1) is 19.9. The van der Waals surface area contributed by atoms with Crippen LogP contribution in [0.25, 0.3) is 0 Å². The molecule has 0 N–H and O–H groups in total. The fraction of sp³-hybridized carbons (Fsp3) is 0.609. The van der Waals surface area contributed by atoms with Crippen LogP contribution in [0.3, 0.4) is 0 Å². The number of hydrogen-bond donors (Lipinski definition) is 0. The van der Waals surface area contributed by atoms with E-state index < -0.39 is 6.04 Å². The van der Waals surface area contributed by atoms with Crippen molar-refractivity contribution in [1.29, 1.82) is 0 Å². The molecule has 6 heteroatoms. The maximum Gasteiger partial charge on any atom is 0.246 e. The lowest BCUT2D eigenvalue weighted by molar-refractivity contribution is -0.156. The molecule has 2 aliphatic heterocycles. The Hall–Kier alpha value is -2.37. The molecule has 1 aromatic carbocycles. The standard InChI is InChI=1S/C23H31N3O3/c27-21(11-10-18-6-4-5-7-18)24-13-12-20-23(29)25(16-19-8-2-1-3-9-19)17-22(28)26(20)15-14-24/h1-3,8-9,18,20H,4-7,10-17H2. The van der Waals surface area contributed by atoms with Crippen molar-refractivity contribution in [1.82, 2.24) is 14.7 Å². The van der Waals surface area contributed by atoms with Crippen molar-refractivity contribution in [3.63, 3.8) is 0 Å². The molecule has 2 heterocycles. The third-order valence-corrected chi connectivity index (χ3v) is 6.71. The van der Waals surface area contributed by atoms with Crippen LogP contribution in [0.5, 0.6) is 0 Å². The molecule has 3 amide bonds. The second-order valence-corrected chi connectivity index (χ2v) is 8.64. The Labute approximate surface area is 172 Å². The minimum absolute atomic E-state index is 0.00806. The van der Waals surface area contributed by atoms with Crippen molar-refractivity contribution < 1.29 is 14.4 Å². The van der Waals surface area contributed by atoms with Gasteiger partial charge in [-0.1, -0.05) is 56.0 Å². The first-order valence-electron chi connectivity index (χ1n) is 11.0. The SMILES string of the molecule is O=C(CCC1CCCC1)N1CCC2C(=O)N(Cc3ccccc3)CC(=O)N2CC1. The summed E-state index contributed by atoms with van der Waals surface area (Å²) in [6, 6.07) is 9.34. The lowest BCUT2D eigenvalue weighted by atomic mass is 10.0. The van der Waals surface area contributed by atoms with Crippen LogP contribution < -0.4 is 0 Å². The molecule has 2 saturated heterocycles. The number of piperazine rings is 1. The van der Waals surface area contributed by atoms with E-state index in [0.29, 0.717) is 44.9 Å². The molecule has 3 aliphatic rings. The van der Waals surface area contributed by atoms with Gasteiger partial charge in [0.15, 0.2) is 0 Å². The Morgan fingerprint density at radius 2 is 1.72 bits per heavy atom. The second kappa shape index (κ2) is 8.97. The monoisotopic (exact) mass is 397 g/mol. The highest BCUT2D eigenvalue weighted by molar-refractivity contribution is 5.95. The zero-order chi connectivity index (χ0) is 20.2. The largest absolute Gasteiger partial charge is 0.341 e. The Kier molecular flexibility index (Phi) is 6.16. The van der Waals surface area contributed by atoms with Gasteiger partial charge < -0.3 is 14.7 Å². The summed E-state index contributed by atoms with van der Waals surface area (Å²) in [5.74, 6) is 0.879. The van der Waals surface area contributed by atoms with Crippen LogP contribution >= 0.6 is 0 Å². The highest BCUT2D eigenvalue weighted by Crippen LogP contribution is 2.29. The summed E-state index contributed by atoms with van der Waals surface area (Å²) in [6.45, 7) is 2.14. The molecule has 1 unspecified atom stereocenters. The van der Waals surface area contributed by atoms with Gasteiger partial charge >= 0.3 is 0 Å². The average Bonchev–Trinajstić information content (AvgIpc) is 3.15.